The van der Waals surface area contributed by atoms with Gasteiger partial charge in [0.2, 0.25) is 0 Å². The third-order valence-electron chi connectivity index (χ3n) is 3.91. The minimum atomic E-state index is -0.781. The van der Waals surface area contributed by atoms with Gasteiger partial charge in [0.05, 0.1) is 7.11 Å². The maximum Gasteiger partial charge on any atom is 0.326 e. The number of hydrogen-bond donors (Lipinski definition) is 1. The first-order valence-electron chi connectivity index (χ1n) is 6.55. The summed E-state index contributed by atoms with van der Waals surface area (Å²) >= 11 is 1.70. The topological polar surface area (TPSA) is 70.1 Å². The monoisotopic (exact) mass is 283 g/mol. The van der Waals surface area contributed by atoms with Crippen LogP contribution in [0.2, 0.25) is 0 Å². The van der Waals surface area contributed by atoms with Gasteiger partial charge in [0.1, 0.15) is 5.54 Å². The van der Waals surface area contributed by atoms with Crippen LogP contribution in [0.5, 0.6) is 0 Å². The Hall–Kier alpha value is -1.01. The summed E-state index contributed by atoms with van der Waals surface area (Å²) in [5, 5.41) is 0.999. The molecule has 2 rings (SSSR count). The predicted molar refractivity (Wildman–Crippen MR) is 74.8 cm³/mol. The minimum Gasteiger partial charge on any atom is -0.468 e. The van der Waals surface area contributed by atoms with Gasteiger partial charge in [-0.05, 0) is 25.2 Å². The number of carbonyl (C=O) groups is 1. The minimum absolute atomic E-state index is 0.215. The molecule has 1 heterocycles. The van der Waals surface area contributed by atoms with Crippen LogP contribution in [0.4, 0.5) is 0 Å². The van der Waals surface area contributed by atoms with Gasteiger partial charge in [-0.15, -0.1) is 0 Å². The van der Waals surface area contributed by atoms with Gasteiger partial charge in [-0.2, -0.15) is 0 Å². The van der Waals surface area contributed by atoms with E-state index < -0.39 is 5.54 Å². The van der Waals surface area contributed by atoms with Crippen LogP contribution >= 0.6 is 11.8 Å². The molecule has 106 valence electrons. The Kier molecular flexibility index (Phi) is 4.52. The molecule has 2 atom stereocenters. The summed E-state index contributed by atoms with van der Waals surface area (Å²) in [5.41, 5.74) is 5.46. The van der Waals surface area contributed by atoms with Crippen LogP contribution in [0.15, 0.2) is 17.6 Å². The molecular weight excluding hydrogens is 262 g/mol. The number of nitrogens with zero attached hydrogens (tertiary/aromatic N) is 2. The number of rotatable bonds is 5. The normalized spacial score (nSPS) is 26.6. The predicted octanol–water partition coefficient (Wildman–Crippen LogP) is 1.57. The number of imidazole rings is 1. The fourth-order valence-electron chi connectivity index (χ4n) is 2.75. The fourth-order valence-corrected chi connectivity index (χ4v) is 3.73. The standard InChI is InChI=1S/C13H21N3O2S/c1-16-8-7-15-12(16)19-9-5-10-4-3-6-13(10,14)11(17)18-2/h7-8,10H,3-6,9,14H2,1-2H3. The quantitative estimate of drug-likeness (QED) is 0.656. The number of thioether (sulfide) groups is 1. The lowest BCUT2D eigenvalue weighted by atomic mass is 9.86. The van der Waals surface area contributed by atoms with E-state index in [1.165, 1.54) is 7.11 Å². The zero-order valence-electron chi connectivity index (χ0n) is 11.5. The number of methoxy groups -OCH3 is 1. The first kappa shape index (κ1) is 14.4. The third kappa shape index (κ3) is 2.95. The number of nitrogens with two attached hydrogens (primary N) is 1. The van der Waals surface area contributed by atoms with Crippen molar-refractivity contribution in [2.75, 3.05) is 12.9 Å². The zero-order chi connectivity index (χ0) is 13.9. The highest BCUT2D eigenvalue weighted by Gasteiger charge is 2.46. The Morgan fingerprint density at radius 2 is 2.53 bits per heavy atom. The summed E-state index contributed by atoms with van der Waals surface area (Å²) in [6, 6.07) is 0. The average molecular weight is 283 g/mol. The largest absolute Gasteiger partial charge is 0.468 e. The van der Waals surface area contributed by atoms with Gasteiger partial charge in [0, 0.05) is 25.2 Å². The SMILES string of the molecule is COC(=O)C1(N)CCCC1CCSc1nccn1C. The number of hydrogen-bond acceptors (Lipinski definition) is 5. The van der Waals surface area contributed by atoms with Crippen molar-refractivity contribution in [3.05, 3.63) is 12.4 Å². The maximum absolute atomic E-state index is 11.8. The van der Waals surface area contributed by atoms with Crippen molar-refractivity contribution in [3.8, 4) is 0 Å². The van der Waals surface area contributed by atoms with E-state index in [9.17, 15) is 4.79 Å². The van der Waals surface area contributed by atoms with E-state index >= 15 is 0 Å². The highest BCUT2D eigenvalue weighted by Crippen LogP contribution is 2.38. The highest BCUT2D eigenvalue weighted by molar-refractivity contribution is 7.99. The Labute approximate surface area is 117 Å². The molecule has 1 fully saturated rings. The number of ether oxygens (including phenoxy) is 1. The first-order chi connectivity index (χ1) is 9.08. The van der Waals surface area contributed by atoms with Gasteiger partial charge in [0.15, 0.2) is 5.16 Å². The summed E-state index contributed by atoms with van der Waals surface area (Å²) in [7, 11) is 3.39. The molecule has 0 spiro atoms. The van der Waals surface area contributed by atoms with E-state index in [-0.39, 0.29) is 11.9 Å². The molecule has 2 N–H and O–H groups in total. The first-order valence-corrected chi connectivity index (χ1v) is 7.54. The third-order valence-corrected chi connectivity index (χ3v) is 5.00. The maximum atomic E-state index is 11.8. The molecule has 0 radical (unpaired) electrons. The van der Waals surface area contributed by atoms with Crippen molar-refractivity contribution in [2.45, 2.75) is 36.4 Å². The number of aromatic nitrogens is 2. The highest BCUT2D eigenvalue weighted by atomic mass is 32.2. The van der Waals surface area contributed by atoms with Crippen LogP contribution in [0, 0.1) is 5.92 Å². The second kappa shape index (κ2) is 5.96. The molecule has 0 amide bonds. The summed E-state index contributed by atoms with van der Waals surface area (Å²) in [4.78, 5) is 16.1. The molecule has 1 aliphatic rings. The molecule has 1 saturated carbocycles. The van der Waals surface area contributed by atoms with Gasteiger partial charge < -0.3 is 15.0 Å². The molecule has 0 bridgehead atoms. The van der Waals surface area contributed by atoms with E-state index in [4.69, 9.17) is 10.5 Å². The molecule has 5 nitrogen and oxygen atoms in total. The summed E-state index contributed by atoms with van der Waals surface area (Å²) in [6.45, 7) is 0. The molecule has 2 unspecified atom stereocenters. The second-order valence-electron chi connectivity index (χ2n) is 5.08. The fraction of sp³-hybridized carbons (Fsp3) is 0.692. The van der Waals surface area contributed by atoms with Crippen molar-refractivity contribution in [1.29, 1.82) is 0 Å². The van der Waals surface area contributed by atoms with Gasteiger partial charge in [0.25, 0.3) is 0 Å². The van der Waals surface area contributed by atoms with Crippen LogP contribution in [-0.4, -0.2) is 33.9 Å². The van der Waals surface area contributed by atoms with E-state index in [2.05, 4.69) is 4.98 Å². The van der Waals surface area contributed by atoms with Crippen LogP contribution in [0.1, 0.15) is 25.7 Å². The Morgan fingerprint density at radius 3 is 3.16 bits per heavy atom. The van der Waals surface area contributed by atoms with Crippen LogP contribution < -0.4 is 5.73 Å². The van der Waals surface area contributed by atoms with Gasteiger partial charge in [-0.3, -0.25) is 4.79 Å². The summed E-state index contributed by atoms with van der Waals surface area (Å²) in [5.74, 6) is 0.871. The van der Waals surface area contributed by atoms with Crippen molar-refractivity contribution in [2.24, 2.45) is 18.7 Å². The number of aryl methyl sites for hydroxylation is 1. The van der Waals surface area contributed by atoms with Gasteiger partial charge >= 0.3 is 5.97 Å². The van der Waals surface area contributed by atoms with Crippen molar-refractivity contribution in [1.82, 2.24) is 9.55 Å². The second-order valence-corrected chi connectivity index (χ2v) is 6.14. The summed E-state index contributed by atoms with van der Waals surface area (Å²) in [6.07, 6.45) is 7.38. The molecule has 6 heteroatoms. The molecule has 0 aliphatic heterocycles. The summed E-state index contributed by atoms with van der Waals surface area (Å²) < 4.78 is 6.85. The molecule has 19 heavy (non-hydrogen) atoms. The molecule has 1 aromatic rings. The van der Waals surface area contributed by atoms with Crippen molar-refractivity contribution < 1.29 is 9.53 Å². The zero-order valence-corrected chi connectivity index (χ0v) is 12.3. The molecule has 1 aromatic heterocycles. The van der Waals surface area contributed by atoms with Crippen LogP contribution in [-0.2, 0) is 16.6 Å². The smallest absolute Gasteiger partial charge is 0.326 e. The molecule has 1 aliphatic carbocycles. The van der Waals surface area contributed by atoms with Crippen LogP contribution in [0.3, 0.4) is 0 Å². The van der Waals surface area contributed by atoms with Crippen molar-refractivity contribution >= 4 is 17.7 Å². The van der Waals surface area contributed by atoms with E-state index in [0.717, 1.165) is 36.6 Å². The lowest BCUT2D eigenvalue weighted by molar-refractivity contribution is -0.148. The molecule has 0 saturated heterocycles. The number of carbonyl (C=O) groups excluding carboxylic acids is 1. The lowest BCUT2D eigenvalue weighted by Gasteiger charge is -2.28. The lowest BCUT2D eigenvalue weighted by Crippen LogP contribution is -2.51. The molecular formula is C13H21N3O2S. The van der Waals surface area contributed by atoms with Crippen molar-refractivity contribution in [3.63, 3.8) is 0 Å². The number of esters is 1. The van der Waals surface area contributed by atoms with Crippen LogP contribution in [0.25, 0.3) is 0 Å². The van der Waals surface area contributed by atoms with Gasteiger partial charge in [-0.1, -0.05) is 18.2 Å². The van der Waals surface area contributed by atoms with E-state index in [1.807, 2.05) is 17.8 Å². The van der Waals surface area contributed by atoms with Gasteiger partial charge in [-0.25, -0.2) is 4.98 Å². The average Bonchev–Trinajstić information content (AvgIpc) is 2.97. The van der Waals surface area contributed by atoms with E-state index in [1.54, 1.807) is 18.0 Å². The Bertz CT molecular complexity index is 449. The Balaban J connectivity index is 1.88. The van der Waals surface area contributed by atoms with E-state index in [0.29, 0.717) is 0 Å². The Morgan fingerprint density at radius 1 is 1.74 bits per heavy atom. The molecule has 0 aromatic carbocycles.